The summed E-state index contributed by atoms with van der Waals surface area (Å²) in [4.78, 5) is 0. The van der Waals surface area contributed by atoms with Gasteiger partial charge in [0.2, 0.25) is 0 Å². The van der Waals surface area contributed by atoms with Gasteiger partial charge in [0.05, 0.1) is 0 Å². The maximum Gasteiger partial charge on any atom is 0.0366 e. The van der Waals surface area contributed by atoms with E-state index in [2.05, 4.69) is 82.4 Å². The second kappa shape index (κ2) is 8.42. The van der Waals surface area contributed by atoms with Gasteiger partial charge in [-0.2, -0.15) is 0 Å². The molecule has 0 amide bonds. The van der Waals surface area contributed by atoms with E-state index in [9.17, 15) is 0 Å². The van der Waals surface area contributed by atoms with E-state index in [1.54, 1.807) is 0 Å². The van der Waals surface area contributed by atoms with Gasteiger partial charge in [0, 0.05) is 12.2 Å². The van der Waals surface area contributed by atoms with Gasteiger partial charge >= 0.3 is 0 Å². The minimum atomic E-state index is 0.955. The number of aryl methyl sites for hydroxylation is 1. The van der Waals surface area contributed by atoms with Gasteiger partial charge in [-0.15, -0.1) is 0 Å². The van der Waals surface area contributed by atoms with E-state index in [1.165, 1.54) is 28.0 Å². The first-order valence-electron chi connectivity index (χ1n) is 7.31. The number of hydrogen-bond donors (Lipinski definition) is 1. The largest absolute Gasteiger partial charge is 0.385 e. The lowest BCUT2D eigenvalue weighted by molar-refractivity contribution is 0.798. The van der Waals surface area contributed by atoms with Crippen molar-refractivity contribution in [3.8, 4) is 0 Å². The first-order chi connectivity index (χ1) is 9.52. The van der Waals surface area contributed by atoms with Gasteiger partial charge < -0.3 is 5.32 Å². The van der Waals surface area contributed by atoms with Crippen LogP contribution in [0.15, 0.2) is 59.3 Å². The molecule has 1 nitrogen and oxygen atoms in total. The molecule has 1 N–H and O–H groups in total. The second-order valence-corrected chi connectivity index (χ2v) is 5.48. The van der Waals surface area contributed by atoms with E-state index in [1.807, 2.05) is 0 Å². The highest BCUT2D eigenvalue weighted by atomic mass is 14.9. The summed E-state index contributed by atoms with van der Waals surface area (Å²) in [5.74, 6) is 0. The fraction of sp³-hybridized carbons (Fsp3) is 0.368. The molecule has 0 aromatic heterocycles. The molecule has 0 aliphatic rings. The third-order valence-electron chi connectivity index (χ3n) is 3.11. The number of allylic oxidation sites excluding steroid dienone is 5. The molecule has 0 unspecified atom stereocenters. The lowest BCUT2D eigenvalue weighted by atomic mass is 10.1. The van der Waals surface area contributed by atoms with Crippen LogP contribution in [0.1, 0.15) is 38.8 Å². The Morgan fingerprint density at radius 2 is 1.75 bits per heavy atom. The smallest absolute Gasteiger partial charge is 0.0366 e. The Labute approximate surface area is 124 Å². The van der Waals surface area contributed by atoms with E-state index >= 15 is 0 Å². The van der Waals surface area contributed by atoms with Gasteiger partial charge in [-0.3, -0.25) is 0 Å². The Balaban J connectivity index is 2.64. The zero-order valence-electron chi connectivity index (χ0n) is 13.5. The predicted octanol–water partition coefficient (Wildman–Crippen LogP) is 4.94. The molecule has 0 fully saturated rings. The average molecular weight is 269 g/mol. The van der Waals surface area contributed by atoms with Crippen LogP contribution in [0.3, 0.4) is 0 Å². The van der Waals surface area contributed by atoms with Gasteiger partial charge in [0.1, 0.15) is 0 Å². The number of hydrogen-bond acceptors (Lipinski definition) is 1. The molecule has 0 aliphatic carbocycles. The van der Waals surface area contributed by atoms with E-state index in [0.29, 0.717) is 0 Å². The lowest BCUT2D eigenvalue weighted by Gasteiger charge is -2.10. The molecule has 1 rings (SSSR count). The topological polar surface area (TPSA) is 12.0 Å². The van der Waals surface area contributed by atoms with Gasteiger partial charge in [0.25, 0.3) is 0 Å². The zero-order valence-corrected chi connectivity index (χ0v) is 13.5. The normalized spacial score (nSPS) is 12.2. The second-order valence-electron chi connectivity index (χ2n) is 5.48. The fourth-order valence-electron chi connectivity index (χ4n) is 2.10. The Bertz CT molecular complexity index is 497. The van der Waals surface area contributed by atoms with Crippen molar-refractivity contribution in [1.82, 2.24) is 5.32 Å². The average Bonchev–Trinajstić information content (AvgIpc) is 2.39. The highest BCUT2D eigenvalue weighted by molar-refractivity contribution is 5.32. The molecule has 1 aromatic rings. The van der Waals surface area contributed by atoms with Crippen LogP contribution in [0.5, 0.6) is 0 Å². The van der Waals surface area contributed by atoms with Crippen molar-refractivity contribution in [3.63, 3.8) is 0 Å². The number of rotatable bonds is 6. The van der Waals surface area contributed by atoms with E-state index in [0.717, 1.165) is 13.0 Å². The molecule has 0 atom stereocenters. The molecule has 0 saturated carbocycles. The summed E-state index contributed by atoms with van der Waals surface area (Å²) in [6, 6.07) is 8.76. The van der Waals surface area contributed by atoms with Crippen LogP contribution in [0.4, 0.5) is 0 Å². The molecule has 1 aromatic carbocycles. The monoisotopic (exact) mass is 269 g/mol. The summed E-state index contributed by atoms with van der Waals surface area (Å²) >= 11 is 0. The van der Waals surface area contributed by atoms with Crippen LogP contribution < -0.4 is 5.32 Å². The van der Waals surface area contributed by atoms with Gasteiger partial charge in [0.15, 0.2) is 0 Å². The third kappa shape index (κ3) is 5.92. The SMILES string of the molecule is C/C=C/C(NCCc1ccc(C)cc1)=C(/C)C=C(C)C. The van der Waals surface area contributed by atoms with E-state index < -0.39 is 0 Å². The minimum absolute atomic E-state index is 0.955. The molecule has 20 heavy (non-hydrogen) atoms. The van der Waals surface area contributed by atoms with Crippen LogP contribution in [-0.4, -0.2) is 6.54 Å². The summed E-state index contributed by atoms with van der Waals surface area (Å²) in [6.45, 7) is 11.5. The van der Waals surface area contributed by atoms with Crippen LogP contribution >= 0.6 is 0 Å². The Kier molecular flexibility index (Phi) is 6.86. The molecular formula is C19H27N. The highest BCUT2D eigenvalue weighted by Gasteiger charge is 1.98. The van der Waals surface area contributed by atoms with Crippen LogP contribution in [0.2, 0.25) is 0 Å². The molecule has 0 spiro atoms. The fourth-order valence-corrected chi connectivity index (χ4v) is 2.10. The molecule has 0 aliphatic heterocycles. The summed E-state index contributed by atoms with van der Waals surface area (Å²) in [7, 11) is 0. The molecular weight excluding hydrogens is 242 g/mol. The predicted molar refractivity (Wildman–Crippen MR) is 89.8 cm³/mol. The summed E-state index contributed by atoms with van der Waals surface area (Å²) in [5, 5.41) is 3.54. The Morgan fingerprint density at radius 3 is 2.30 bits per heavy atom. The molecule has 0 radical (unpaired) electrons. The molecule has 0 bridgehead atoms. The quantitative estimate of drug-likeness (QED) is 0.721. The van der Waals surface area contributed by atoms with Crippen LogP contribution in [-0.2, 0) is 6.42 Å². The van der Waals surface area contributed by atoms with Crippen molar-refractivity contribution in [1.29, 1.82) is 0 Å². The van der Waals surface area contributed by atoms with E-state index in [-0.39, 0.29) is 0 Å². The summed E-state index contributed by atoms with van der Waals surface area (Å²) in [5.41, 5.74) is 6.51. The zero-order chi connectivity index (χ0) is 15.0. The highest BCUT2D eigenvalue weighted by Crippen LogP contribution is 2.08. The maximum atomic E-state index is 3.54. The Hall–Kier alpha value is -1.76. The van der Waals surface area contributed by atoms with Crippen molar-refractivity contribution in [2.45, 2.75) is 41.0 Å². The molecule has 0 heterocycles. The van der Waals surface area contributed by atoms with Crippen molar-refractivity contribution in [2.24, 2.45) is 0 Å². The molecule has 0 saturated heterocycles. The summed E-state index contributed by atoms with van der Waals surface area (Å²) in [6.07, 6.45) is 7.48. The van der Waals surface area contributed by atoms with Gasteiger partial charge in [-0.1, -0.05) is 47.6 Å². The first-order valence-corrected chi connectivity index (χ1v) is 7.31. The first kappa shape index (κ1) is 16.3. The number of benzene rings is 1. The number of nitrogens with one attached hydrogen (secondary N) is 1. The Morgan fingerprint density at radius 1 is 1.10 bits per heavy atom. The van der Waals surface area contributed by atoms with Gasteiger partial charge in [-0.25, -0.2) is 0 Å². The summed E-state index contributed by atoms with van der Waals surface area (Å²) < 4.78 is 0. The van der Waals surface area contributed by atoms with Gasteiger partial charge in [-0.05, 0) is 58.3 Å². The van der Waals surface area contributed by atoms with Crippen molar-refractivity contribution >= 4 is 0 Å². The van der Waals surface area contributed by atoms with Crippen molar-refractivity contribution in [2.75, 3.05) is 6.54 Å². The molecule has 1 heteroatoms. The van der Waals surface area contributed by atoms with E-state index in [4.69, 9.17) is 0 Å². The van der Waals surface area contributed by atoms with Crippen molar-refractivity contribution < 1.29 is 0 Å². The van der Waals surface area contributed by atoms with Crippen LogP contribution in [0, 0.1) is 6.92 Å². The van der Waals surface area contributed by atoms with Crippen molar-refractivity contribution in [3.05, 3.63) is 70.5 Å². The lowest BCUT2D eigenvalue weighted by Crippen LogP contribution is -2.16. The standard InChI is InChI=1S/C19H27N/c1-6-7-19(17(5)14-15(2)3)20-13-12-18-10-8-16(4)9-11-18/h6-11,14,20H,12-13H2,1-5H3/b7-6+,19-17+. The maximum absolute atomic E-state index is 3.54. The van der Waals surface area contributed by atoms with Crippen LogP contribution in [0.25, 0.3) is 0 Å². The minimum Gasteiger partial charge on any atom is -0.385 e. The third-order valence-corrected chi connectivity index (χ3v) is 3.11. The molecule has 108 valence electrons.